The van der Waals surface area contributed by atoms with Crippen molar-refractivity contribution in [3.8, 4) is 0 Å². The predicted molar refractivity (Wildman–Crippen MR) is 94.6 cm³/mol. The van der Waals surface area contributed by atoms with Gasteiger partial charge in [0, 0.05) is 19.1 Å². The molecule has 134 valence electrons. The zero-order valence-corrected chi connectivity index (χ0v) is 15.5. The van der Waals surface area contributed by atoms with E-state index >= 15 is 0 Å². The van der Waals surface area contributed by atoms with E-state index in [0.717, 1.165) is 10.4 Å². The summed E-state index contributed by atoms with van der Waals surface area (Å²) < 4.78 is 39.0. The molecule has 1 N–H and O–H groups in total. The second kappa shape index (κ2) is 7.51. The minimum Gasteiger partial charge on any atom is -0.345 e. The van der Waals surface area contributed by atoms with Gasteiger partial charge < -0.3 is 5.32 Å². The molecule has 0 fully saturated rings. The zero-order chi connectivity index (χ0) is 18.8. The lowest BCUT2D eigenvalue weighted by Crippen LogP contribution is -2.27. The number of carbonyl (C=O) groups is 1. The first-order valence-electron chi connectivity index (χ1n) is 7.41. The summed E-state index contributed by atoms with van der Waals surface area (Å²) in [6, 6.07) is 9.45. The molecule has 0 radical (unpaired) electrons. The van der Waals surface area contributed by atoms with Gasteiger partial charge in [-0.2, -0.15) is 0 Å². The van der Waals surface area contributed by atoms with Crippen LogP contribution in [0.5, 0.6) is 0 Å². The predicted octanol–water partition coefficient (Wildman–Crippen LogP) is 3.22. The molecule has 2 aromatic carbocycles. The molecule has 0 bridgehead atoms. The first kappa shape index (κ1) is 19.4. The third kappa shape index (κ3) is 4.36. The number of carbonyl (C=O) groups excluding carboxylic acids is 1. The number of halogens is 2. The topological polar surface area (TPSA) is 66.5 Å². The highest BCUT2D eigenvalue weighted by molar-refractivity contribution is 7.89. The van der Waals surface area contributed by atoms with Crippen LogP contribution in [0.4, 0.5) is 4.39 Å². The van der Waals surface area contributed by atoms with E-state index in [2.05, 4.69) is 5.32 Å². The molecule has 1 atom stereocenters. The van der Waals surface area contributed by atoms with Crippen molar-refractivity contribution in [1.82, 2.24) is 9.62 Å². The molecule has 0 heterocycles. The average molecular weight is 385 g/mol. The smallest absolute Gasteiger partial charge is 0.254 e. The van der Waals surface area contributed by atoms with Crippen molar-refractivity contribution in [3.63, 3.8) is 0 Å². The van der Waals surface area contributed by atoms with Crippen molar-refractivity contribution in [2.24, 2.45) is 0 Å². The number of nitrogens with one attached hydrogen (secondary N) is 1. The van der Waals surface area contributed by atoms with Gasteiger partial charge in [0.25, 0.3) is 5.91 Å². The number of hydrogen-bond donors (Lipinski definition) is 1. The zero-order valence-electron chi connectivity index (χ0n) is 14.0. The van der Waals surface area contributed by atoms with Gasteiger partial charge in [0.05, 0.1) is 16.5 Å². The van der Waals surface area contributed by atoms with Crippen LogP contribution in [0.25, 0.3) is 0 Å². The molecule has 0 saturated carbocycles. The molecule has 0 aliphatic rings. The van der Waals surface area contributed by atoms with Crippen molar-refractivity contribution in [1.29, 1.82) is 0 Å². The molecule has 0 aromatic heterocycles. The lowest BCUT2D eigenvalue weighted by Gasteiger charge is -2.16. The van der Waals surface area contributed by atoms with Crippen LogP contribution in [0.1, 0.15) is 28.9 Å². The summed E-state index contributed by atoms with van der Waals surface area (Å²) in [5.74, 6) is -1.26. The molecule has 8 heteroatoms. The number of nitrogens with zero attached hydrogens (tertiary/aromatic N) is 1. The summed E-state index contributed by atoms with van der Waals surface area (Å²) in [6.45, 7) is 1.72. The molecule has 25 heavy (non-hydrogen) atoms. The maximum absolute atomic E-state index is 13.7. The fourth-order valence-corrected chi connectivity index (χ4v) is 3.24. The van der Waals surface area contributed by atoms with Gasteiger partial charge in [-0.25, -0.2) is 17.1 Å². The van der Waals surface area contributed by atoms with Crippen LogP contribution in [0, 0.1) is 5.82 Å². The van der Waals surface area contributed by atoms with Crippen molar-refractivity contribution in [2.75, 3.05) is 14.1 Å². The summed E-state index contributed by atoms with van der Waals surface area (Å²) >= 11 is 5.79. The van der Waals surface area contributed by atoms with E-state index in [0.29, 0.717) is 5.56 Å². The van der Waals surface area contributed by atoms with E-state index in [1.165, 1.54) is 38.4 Å². The average Bonchev–Trinajstić information content (AvgIpc) is 2.56. The normalized spacial score (nSPS) is 12.9. The van der Waals surface area contributed by atoms with Crippen molar-refractivity contribution in [2.45, 2.75) is 17.9 Å². The highest BCUT2D eigenvalue weighted by Gasteiger charge is 2.19. The van der Waals surface area contributed by atoms with Gasteiger partial charge in [-0.3, -0.25) is 4.79 Å². The molecule has 2 aromatic rings. The Labute approximate surface area is 151 Å². The Bertz CT molecular complexity index is 883. The Morgan fingerprint density at radius 2 is 1.76 bits per heavy atom. The maximum atomic E-state index is 13.7. The highest BCUT2D eigenvalue weighted by atomic mass is 35.5. The molecule has 1 amide bonds. The Hall–Kier alpha value is -1.96. The van der Waals surface area contributed by atoms with Gasteiger partial charge in [0.15, 0.2) is 0 Å². The first-order chi connectivity index (χ1) is 11.6. The van der Waals surface area contributed by atoms with E-state index in [-0.39, 0.29) is 15.5 Å². The fourth-order valence-electron chi connectivity index (χ4n) is 2.17. The van der Waals surface area contributed by atoms with Gasteiger partial charge >= 0.3 is 0 Å². The van der Waals surface area contributed by atoms with Crippen LogP contribution >= 0.6 is 11.6 Å². The molecular formula is C17H18ClFN2O3S. The fraction of sp³-hybridized carbons (Fsp3) is 0.235. The largest absolute Gasteiger partial charge is 0.345 e. The van der Waals surface area contributed by atoms with Crippen LogP contribution in [-0.4, -0.2) is 32.7 Å². The van der Waals surface area contributed by atoms with Gasteiger partial charge in [-0.05, 0) is 42.8 Å². The molecule has 5 nitrogen and oxygen atoms in total. The van der Waals surface area contributed by atoms with Gasteiger partial charge in [0.1, 0.15) is 5.82 Å². The Morgan fingerprint density at radius 1 is 1.16 bits per heavy atom. The van der Waals surface area contributed by atoms with E-state index in [9.17, 15) is 17.6 Å². The Kier molecular flexibility index (Phi) is 5.82. The van der Waals surface area contributed by atoms with Crippen molar-refractivity contribution in [3.05, 3.63) is 64.4 Å². The molecule has 2 rings (SSSR count). The standard InChI is InChI=1S/C17H18ClFN2O3S/c1-11(20-17(22)15-10-13(18)6-9-16(15)19)12-4-7-14(8-5-12)25(23,24)21(2)3/h4-11H,1-3H3,(H,20,22). The molecule has 0 saturated heterocycles. The Balaban J connectivity index is 2.17. The molecule has 0 aliphatic carbocycles. The van der Waals surface area contributed by atoms with Crippen LogP contribution in [0.2, 0.25) is 5.02 Å². The van der Waals surface area contributed by atoms with Crippen molar-refractivity contribution >= 4 is 27.5 Å². The third-order valence-corrected chi connectivity index (χ3v) is 5.74. The minimum atomic E-state index is -3.51. The molecule has 1 unspecified atom stereocenters. The van der Waals surface area contributed by atoms with E-state index in [4.69, 9.17) is 11.6 Å². The van der Waals surface area contributed by atoms with Crippen LogP contribution < -0.4 is 5.32 Å². The number of benzene rings is 2. The summed E-state index contributed by atoms with van der Waals surface area (Å²) in [4.78, 5) is 12.4. The number of rotatable bonds is 5. The Morgan fingerprint density at radius 3 is 2.32 bits per heavy atom. The highest BCUT2D eigenvalue weighted by Crippen LogP contribution is 2.20. The number of amides is 1. The maximum Gasteiger partial charge on any atom is 0.254 e. The van der Waals surface area contributed by atoms with E-state index < -0.39 is 27.8 Å². The number of hydrogen-bond acceptors (Lipinski definition) is 3. The number of sulfonamides is 1. The van der Waals surface area contributed by atoms with Gasteiger partial charge in [-0.1, -0.05) is 23.7 Å². The molecular weight excluding hydrogens is 367 g/mol. The second-order valence-electron chi connectivity index (χ2n) is 5.68. The summed E-state index contributed by atoms with van der Waals surface area (Å²) in [6.07, 6.45) is 0. The first-order valence-corrected chi connectivity index (χ1v) is 9.23. The van der Waals surface area contributed by atoms with Crippen LogP contribution in [0.3, 0.4) is 0 Å². The minimum absolute atomic E-state index is 0.147. The second-order valence-corrected chi connectivity index (χ2v) is 8.26. The van der Waals surface area contributed by atoms with Gasteiger partial charge in [0.2, 0.25) is 10.0 Å². The van der Waals surface area contributed by atoms with E-state index in [1.807, 2.05) is 0 Å². The SMILES string of the molecule is CC(NC(=O)c1cc(Cl)ccc1F)c1ccc(S(=O)(=O)N(C)C)cc1. The summed E-state index contributed by atoms with van der Waals surface area (Å²) in [5, 5.41) is 2.93. The van der Waals surface area contributed by atoms with Crippen LogP contribution in [-0.2, 0) is 10.0 Å². The van der Waals surface area contributed by atoms with Gasteiger partial charge in [-0.15, -0.1) is 0 Å². The summed E-state index contributed by atoms with van der Waals surface area (Å²) in [5.41, 5.74) is 0.541. The quantitative estimate of drug-likeness (QED) is 0.860. The summed E-state index contributed by atoms with van der Waals surface area (Å²) in [7, 11) is -0.614. The third-order valence-electron chi connectivity index (χ3n) is 3.68. The monoisotopic (exact) mass is 384 g/mol. The van der Waals surface area contributed by atoms with Crippen molar-refractivity contribution < 1.29 is 17.6 Å². The molecule has 0 aliphatic heterocycles. The van der Waals surface area contributed by atoms with Crippen LogP contribution in [0.15, 0.2) is 47.4 Å². The lowest BCUT2D eigenvalue weighted by molar-refractivity contribution is 0.0936. The molecule has 0 spiro atoms. The van der Waals surface area contributed by atoms with E-state index in [1.54, 1.807) is 19.1 Å². The lowest BCUT2D eigenvalue weighted by atomic mass is 10.1.